The number of fused-ring (bicyclic) bond motifs is 1. The number of methoxy groups -OCH3 is 2. The maximum absolute atomic E-state index is 14.3. The predicted octanol–water partition coefficient (Wildman–Crippen LogP) is 3.77. The SMILES string of the molecule is COC[C@@H](C)n1c(=O)c(-c2cccc(F)c2Cl)cn(CC(=O)N2CCC(N3CCc4cc(OC)ccc4NC3=O)CC2)c1=O. The number of benzene rings is 2. The quantitative estimate of drug-likeness (QED) is 0.407. The standard InChI is InChI=1S/C31H35ClFN5O6/c1-19(18-43-2)38-29(40)24(23-5-4-6-25(33)28(23)32)16-36(31(38)42)17-27(39)35-12-10-21(11-13-35)37-14-9-20-15-22(44-3)7-8-26(20)34-30(37)41/h4-8,15-16,19,21H,9-14,17-18H2,1-3H3,(H,34,41)/t19-/m1/s1. The molecule has 0 saturated carbocycles. The average molecular weight is 628 g/mol. The first-order valence-electron chi connectivity index (χ1n) is 14.4. The molecule has 0 spiro atoms. The number of anilines is 1. The highest BCUT2D eigenvalue weighted by atomic mass is 35.5. The summed E-state index contributed by atoms with van der Waals surface area (Å²) < 4.78 is 27.0. The number of hydrogen-bond acceptors (Lipinski definition) is 6. The van der Waals surface area contributed by atoms with E-state index in [1.807, 2.05) is 23.1 Å². The van der Waals surface area contributed by atoms with Crippen molar-refractivity contribution in [2.24, 2.45) is 0 Å². The van der Waals surface area contributed by atoms with Gasteiger partial charge < -0.3 is 24.6 Å². The molecule has 5 rings (SSSR count). The number of hydrogen-bond donors (Lipinski definition) is 1. The van der Waals surface area contributed by atoms with Crippen molar-refractivity contribution in [2.45, 2.75) is 44.8 Å². The van der Waals surface area contributed by atoms with Gasteiger partial charge in [-0.05, 0) is 56.0 Å². The van der Waals surface area contributed by atoms with Gasteiger partial charge >= 0.3 is 11.7 Å². The van der Waals surface area contributed by atoms with Gasteiger partial charge in [-0.25, -0.2) is 14.0 Å². The van der Waals surface area contributed by atoms with Crippen LogP contribution in [0.25, 0.3) is 11.1 Å². The summed E-state index contributed by atoms with van der Waals surface area (Å²) in [7, 11) is 3.05. The zero-order valence-electron chi connectivity index (χ0n) is 24.8. The van der Waals surface area contributed by atoms with E-state index in [2.05, 4.69) is 5.32 Å². The van der Waals surface area contributed by atoms with Crippen molar-refractivity contribution in [1.29, 1.82) is 0 Å². The average Bonchev–Trinajstić information content (AvgIpc) is 3.17. The van der Waals surface area contributed by atoms with Crippen LogP contribution in [0.2, 0.25) is 5.02 Å². The predicted molar refractivity (Wildman–Crippen MR) is 164 cm³/mol. The van der Waals surface area contributed by atoms with Crippen LogP contribution < -0.4 is 21.3 Å². The van der Waals surface area contributed by atoms with Crippen molar-refractivity contribution in [3.05, 3.63) is 79.8 Å². The highest BCUT2D eigenvalue weighted by Gasteiger charge is 2.32. The van der Waals surface area contributed by atoms with E-state index in [-0.39, 0.29) is 47.3 Å². The topological polar surface area (TPSA) is 115 Å². The minimum atomic E-state index is -0.710. The van der Waals surface area contributed by atoms with Gasteiger partial charge in [-0.15, -0.1) is 0 Å². The maximum atomic E-state index is 14.3. The summed E-state index contributed by atoms with van der Waals surface area (Å²) in [5.74, 6) is -0.295. The molecule has 1 aromatic heterocycles. The van der Waals surface area contributed by atoms with Gasteiger partial charge in [0.05, 0.1) is 30.3 Å². The number of likely N-dealkylation sites (tertiary alicyclic amines) is 1. The van der Waals surface area contributed by atoms with E-state index in [1.165, 1.54) is 31.5 Å². The van der Waals surface area contributed by atoms with E-state index in [4.69, 9.17) is 21.1 Å². The molecule has 1 fully saturated rings. The summed E-state index contributed by atoms with van der Waals surface area (Å²) in [4.78, 5) is 56.9. The molecule has 2 aliphatic rings. The Morgan fingerprint density at radius 2 is 1.84 bits per heavy atom. The summed E-state index contributed by atoms with van der Waals surface area (Å²) in [6, 6.07) is 8.76. The lowest BCUT2D eigenvalue weighted by Gasteiger charge is -2.38. The number of urea groups is 1. The van der Waals surface area contributed by atoms with Gasteiger partial charge in [0, 0.05) is 50.2 Å². The Morgan fingerprint density at radius 1 is 1.09 bits per heavy atom. The van der Waals surface area contributed by atoms with E-state index >= 15 is 0 Å². The number of rotatable bonds is 8. The lowest BCUT2D eigenvalue weighted by molar-refractivity contribution is -0.133. The Balaban J connectivity index is 1.32. The lowest BCUT2D eigenvalue weighted by Crippen LogP contribution is -2.51. The molecule has 11 nitrogen and oxygen atoms in total. The van der Waals surface area contributed by atoms with Crippen LogP contribution in [-0.4, -0.2) is 77.4 Å². The normalized spacial score (nSPS) is 16.2. The number of nitrogens with zero attached hydrogens (tertiary/aromatic N) is 4. The zero-order valence-corrected chi connectivity index (χ0v) is 25.6. The van der Waals surface area contributed by atoms with E-state index in [0.717, 1.165) is 26.1 Å². The largest absolute Gasteiger partial charge is 0.497 e. The summed E-state index contributed by atoms with van der Waals surface area (Å²) in [6.07, 6.45) is 3.08. The third kappa shape index (κ3) is 6.22. The van der Waals surface area contributed by atoms with Crippen LogP contribution >= 0.6 is 11.6 Å². The first kappa shape index (κ1) is 31.3. The van der Waals surface area contributed by atoms with Crippen LogP contribution in [-0.2, 0) is 22.5 Å². The van der Waals surface area contributed by atoms with Crippen molar-refractivity contribution in [1.82, 2.24) is 18.9 Å². The molecule has 2 aliphatic heterocycles. The van der Waals surface area contributed by atoms with Crippen molar-refractivity contribution in [2.75, 3.05) is 45.8 Å². The molecule has 1 saturated heterocycles. The summed E-state index contributed by atoms with van der Waals surface area (Å²) >= 11 is 6.20. The lowest BCUT2D eigenvalue weighted by atomic mass is 10.0. The number of ether oxygens (including phenoxy) is 2. The molecule has 1 N–H and O–H groups in total. The van der Waals surface area contributed by atoms with Crippen LogP contribution in [0.3, 0.4) is 0 Å². The second kappa shape index (κ2) is 13.2. The Morgan fingerprint density at radius 3 is 2.55 bits per heavy atom. The summed E-state index contributed by atoms with van der Waals surface area (Å²) in [6.45, 7) is 2.71. The molecule has 0 aliphatic carbocycles. The van der Waals surface area contributed by atoms with E-state index in [1.54, 1.807) is 18.9 Å². The number of amides is 3. The molecule has 234 valence electrons. The highest BCUT2D eigenvalue weighted by molar-refractivity contribution is 6.33. The number of piperidine rings is 1. The molecule has 3 heterocycles. The van der Waals surface area contributed by atoms with Gasteiger partial charge in [0.15, 0.2) is 0 Å². The van der Waals surface area contributed by atoms with Gasteiger partial charge in [-0.1, -0.05) is 23.7 Å². The number of halogens is 2. The fourth-order valence-electron chi connectivity index (χ4n) is 5.91. The van der Waals surface area contributed by atoms with Gasteiger partial charge in [0.1, 0.15) is 18.1 Å². The van der Waals surface area contributed by atoms with Crippen molar-refractivity contribution in [3.63, 3.8) is 0 Å². The minimum Gasteiger partial charge on any atom is -0.497 e. The van der Waals surface area contributed by atoms with Crippen LogP contribution in [0.1, 0.15) is 31.4 Å². The van der Waals surface area contributed by atoms with Crippen molar-refractivity contribution < 1.29 is 23.5 Å². The number of carbonyl (C=O) groups is 2. The van der Waals surface area contributed by atoms with Crippen LogP contribution in [0.5, 0.6) is 5.75 Å². The molecule has 0 unspecified atom stereocenters. The molecule has 0 radical (unpaired) electrons. The van der Waals surface area contributed by atoms with Gasteiger partial charge in [-0.3, -0.25) is 18.7 Å². The van der Waals surface area contributed by atoms with Gasteiger partial charge in [0.2, 0.25) is 5.91 Å². The monoisotopic (exact) mass is 627 g/mol. The zero-order chi connectivity index (χ0) is 31.5. The molecule has 44 heavy (non-hydrogen) atoms. The van der Waals surface area contributed by atoms with Crippen LogP contribution in [0.15, 0.2) is 52.2 Å². The summed E-state index contributed by atoms with van der Waals surface area (Å²) in [5, 5.41) is 2.74. The molecular weight excluding hydrogens is 593 g/mol. The molecule has 2 aromatic carbocycles. The molecule has 13 heteroatoms. The number of nitrogens with one attached hydrogen (secondary N) is 1. The minimum absolute atomic E-state index is 0.00523. The first-order chi connectivity index (χ1) is 21.1. The second-order valence-corrected chi connectivity index (χ2v) is 11.4. The van der Waals surface area contributed by atoms with Crippen LogP contribution in [0, 0.1) is 5.82 Å². The Bertz CT molecular complexity index is 1680. The smallest absolute Gasteiger partial charge is 0.331 e. The van der Waals surface area contributed by atoms with Gasteiger partial charge in [-0.2, -0.15) is 0 Å². The Labute approximate surface area is 258 Å². The van der Waals surface area contributed by atoms with E-state index < -0.39 is 23.1 Å². The highest BCUT2D eigenvalue weighted by Crippen LogP contribution is 2.29. The molecule has 3 amide bonds. The second-order valence-electron chi connectivity index (χ2n) is 11.0. The molecule has 0 bridgehead atoms. The summed E-state index contributed by atoms with van der Waals surface area (Å²) in [5.41, 5.74) is 0.529. The fourth-order valence-corrected chi connectivity index (χ4v) is 6.14. The Kier molecular flexibility index (Phi) is 9.40. The van der Waals surface area contributed by atoms with E-state index in [9.17, 15) is 23.6 Å². The fraction of sp³-hybridized carbons (Fsp3) is 0.419. The third-order valence-electron chi connectivity index (χ3n) is 8.28. The third-order valence-corrected chi connectivity index (χ3v) is 8.66. The number of carbonyl (C=O) groups excluding carboxylic acids is 2. The Hall–Kier alpha value is -4.16. The van der Waals surface area contributed by atoms with Crippen LogP contribution in [0.4, 0.5) is 14.9 Å². The van der Waals surface area contributed by atoms with Gasteiger partial charge in [0.25, 0.3) is 5.56 Å². The molecular formula is C31H35ClFN5O6. The van der Waals surface area contributed by atoms with E-state index in [0.29, 0.717) is 38.9 Å². The molecule has 3 aromatic rings. The molecule has 1 atom stereocenters. The maximum Gasteiger partial charge on any atom is 0.331 e. The number of aromatic nitrogens is 2. The van der Waals surface area contributed by atoms with Crippen molar-refractivity contribution >= 4 is 29.2 Å². The first-order valence-corrected chi connectivity index (χ1v) is 14.8. The van der Waals surface area contributed by atoms with Crippen molar-refractivity contribution in [3.8, 4) is 16.9 Å².